The van der Waals surface area contributed by atoms with Gasteiger partial charge in [-0.05, 0) is 29.3 Å². The number of rotatable bonds is 2. The van der Waals surface area contributed by atoms with Crippen molar-refractivity contribution in [2.24, 2.45) is 0 Å². The average Bonchev–Trinajstić information content (AvgIpc) is 2.60. The molecule has 2 aromatic carbocycles. The lowest BCUT2D eigenvalue weighted by Gasteiger charge is -2.33. The van der Waals surface area contributed by atoms with E-state index in [1.165, 1.54) is 16.8 Å². The van der Waals surface area contributed by atoms with Crippen LogP contribution >= 0.6 is 11.6 Å². The Kier molecular flexibility index (Phi) is 6.89. The van der Waals surface area contributed by atoms with E-state index >= 15 is 0 Å². The van der Waals surface area contributed by atoms with Crippen molar-refractivity contribution < 1.29 is 28.8 Å². The zero-order valence-electron chi connectivity index (χ0n) is 14.7. The van der Waals surface area contributed by atoms with Crippen LogP contribution in [0.4, 0.5) is 24.5 Å². The Morgan fingerprint density at radius 3 is 2.57 bits per heavy atom. The van der Waals surface area contributed by atoms with Crippen LogP contribution in [-0.2, 0) is 17.8 Å². The Balaban J connectivity index is 0.000000345. The normalized spacial score (nSPS) is 15.7. The van der Waals surface area contributed by atoms with Crippen molar-refractivity contribution in [3.05, 3.63) is 70.0 Å². The van der Waals surface area contributed by atoms with E-state index in [0.717, 1.165) is 24.5 Å². The van der Waals surface area contributed by atoms with Crippen molar-refractivity contribution >= 4 is 28.9 Å². The molecule has 0 bridgehead atoms. The van der Waals surface area contributed by atoms with Crippen molar-refractivity contribution in [1.29, 1.82) is 0 Å². The first kappa shape index (κ1) is 21.5. The summed E-state index contributed by atoms with van der Waals surface area (Å²) in [6.45, 7) is 8.89. The number of quaternary nitrogens is 1. The van der Waals surface area contributed by atoms with Crippen molar-refractivity contribution in [2.75, 3.05) is 11.4 Å². The predicted octanol–water partition coefficient (Wildman–Crippen LogP) is 2.36. The van der Waals surface area contributed by atoms with Gasteiger partial charge in [0.05, 0.1) is 13.1 Å². The Hall–Kier alpha value is -2.76. The minimum atomic E-state index is -5.19. The third-order valence-corrected chi connectivity index (χ3v) is 4.25. The van der Waals surface area contributed by atoms with Gasteiger partial charge in [0.2, 0.25) is 0 Å². The summed E-state index contributed by atoms with van der Waals surface area (Å²) in [4.78, 5) is 14.6. The predicted molar refractivity (Wildman–Crippen MR) is 96.6 cm³/mol. The number of aliphatic carboxylic acids is 1. The number of carboxylic acids is 1. The SMILES string of the molecule is O=C([O-])C(F)(F)F.[C-]#[N+]c1ccc2c(c1)CC([NH3+])CN2Cc1cccc(Cl)c1. The number of hydrogen-bond acceptors (Lipinski definition) is 3. The summed E-state index contributed by atoms with van der Waals surface area (Å²) in [6.07, 6.45) is -4.26. The van der Waals surface area contributed by atoms with Crippen LogP contribution < -0.4 is 15.7 Å². The van der Waals surface area contributed by atoms with Crippen LogP contribution in [0.3, 0.4) is 0 Å². The van der Waals surface area contributed by atoms with Crippen molar-refractivity contribution in [1.82, 2.24) is 0 Å². The van der Waals surface area contributed by atoms with Gasteiger partial charge in [0.25, 0.3) is 0 Å². The highest BCUT2D eigenvalue weighted by Crippen LogP contribution is 2.31. The van der Waals surface area contributed by atoms with Crippen LogP contribution in [0.25, 0.3) is 4.85 Å². The largest absolute Gasteiger partial charge is 0.542 e. The summed E-state index contributed by atoms with van der Waals surface area (Å²) < 4.78 is 31.5. The smallest absolute Gasteiger partial charge is 0.430 e. The lowest BCUT2D eigenvalue weighted by molar-refractivity contribution is -0.416. The van der Waals surface area contributed by atoms with E-state index in [1.54, 1.807) is 0 Å². The fourth-order valence-electron chi connectivity index (χ4n) is 2.90. The molecule has 5 nitrogen and oxygen atoms in total. The second kappa shape index (κ2) is 8.95. The van der Waals surface area contributed by atoms with Crippen molar-refractivity contribution in [3.63, 3.8) is 0 Å². The Morgan fingerprint density at radius 2 is 2.00 bits per heavy atom. The average molecular weight is 412 g/mol. The molecule has 0 saturated carbocycles. The van der Waals surface area contributed by atoms with E-state index in [9.17, 15) is 13.2 Å². The van der Waals surface area contributed by atoms with Crippen LogP contribution in [0.1, 0.15) is 11.1 Å². The van der Waals surface area contributed by atoms with Gasteiger partial charge in [0.15, 0.2) is 5.69 Å². The van der Waals surface area contributed by atoms with Gasteiger partial charge in [-0.15, -0.1) is 0 Å². The van der Waals surface area contributed by atoms with Gasteiger partial charge in [-0.3, -0.25) is 0 Å². The first-order valence-corrected chi connectivity index (χ1v) is 8.59. The summed E-state index contributed by atoms with van der Waals surface area (Å²) in [5.74, 6) is -3.01. The number of anilines is 1. The molecular formula is C19H17ClF3N3O2. The van der Waals surface area contributed by atoms with E-state index in [2.05, 4.69) is 27.6 Å². The monoisotopic (exact) mass is 411 g/mol. The molecule has 3 N–H and O–H groups in total. The molecule has 1 unspecified atom stereocenters. The van der Waals surface area contributed by atoms with Gasteiger partial charge >= 0.3 is 6.18 Å². The van der Waals surface area contributed by atoms with E-state index in [0.29, 0.717) is 11.7 Å². The van der Waals surface area contributed by atoms with Crippen LogP contribution in [0.2, 0.25) is 5.02 Å². The van der Waals surface area contributed by atoms with Crippen molar-refractivity contribution in [3.8, 4) is 0 Å². The van der Waals surface area contributed by atoms with Crippen LogP contribution in [0.5, 0.6) is 0 Å². The molecule has 1 aliphatic rings. The zero-order chi connectivity index (χ0) is 20.9. The molecule has 1 heterocycles. The maximum atomic E-state index is 10.5. The molecule has 9 heteroatoms. The van der Waals surface area contributed by atoms with Gasteiger partial charge in [-0.2, -0.15) is 13.2 Å². The zero-order valence-corrected chi connectivity index (χ0v) is 15.4. The molecule has 2 aromatic rings. The molecule has 0 spiro atoms. The molecule has 1 atom stereocenters. The molecule has 1 aliphatic heterocycles. The number of fused-ring (bicyclic) bond motifs is 1. The maximum absolute atomic E-state index is 10.5. The standard InChI is InChI=1S/C17H16ClN3.C2HF3O2/c1-20-16-5-6-17-13(9-16)8-15(19)11-21(17)10-12-3-2-4-14(18)7-12;3-2(4,5)1(6)7/h2-7,9,15H,8,10-11,19H2;(H,6,7). The first-order chi connectivity index (χ1) is 13.1. The molecule has 0 aliphatic carbocycles. The molecule has 0 saturated heterocycles. The minimum Gasteiger partial charge on any atom is -0.542 e. The highest BCUT2D eigenvalue weighted by Gasteiger charge is 2.28. The van der Waals surface area contributed by atoms with Gasteiger partial charge in [0, 0.05) is 23.7 Å². The number of carboxylic acid groups (broad SMARTS) is 1. The molecular weight excluding hydrogens is 395 g/mol. The Bertz CT molecular complexity index is 897. The van der Waals surface area contributed by atoms with E-state index in [-0.39, 0.29) is 0 Å². The number of benzene rings is 2. The number of carbonyl (C=O) groups excluding carboxylic acids is 1. The van der Waals surface area contributed by atoms with Crippen molar-refractivity contribution in [2.45, 2.75) is 25.2 Å². The highest BCUT2D eigenvalue weighted by molar-refractivity contribution is 6.30. The highest BCUT2D eigenvalue weighted by atomic mass is 35.5. The maximum Gasteiger partial charge on any atom is 0.430 e. The van der Waals surface area contributed by atoms with Crippen LogP contribution in [0.15, 0.2) is 42.5 Å². The third kappa shape index (κ3) is 5.87. The van der Waals surface area contributed by atoms with E-state index in [4.69, 9.17) is 28.1 Å². The molecule has 0 fully saturated rings. The number of nitrogens with zero attached hydrogens (tertiary/aromatic N) is 2. The van der Waals surface area contributed by atoms with Gasteiger partial charge in [0.1, 0.15) is 12.0 Å². The summed E-state index contributed by atoms with van der Waals surface area (Å²) in [5.41, 5.74) is 8.54. The van der Waals surface area contributed by atoms with Gasteiger partial charge in [-0.25, -0.2) is 4.85 Å². The van der Waals surface area contributed by atoms with Gasteiger partial charge in [-0.1, -0.05) is 35.9 Å². The number of halogens is 4. The summed E-state index contributed by atoms with van der Waals surface area (Å²) in [6, 6.07) is 14.2. The summed E-state index contributed by atoms with van der Waals surface area (Å²) >= 11 is 6.07. The number of alkyl halides is 3. The first-order valence-electron chi connectivity index (χ1n) is 8.21. The Morgan fingerprint density at radius 1 is 1.32 bits per heavy atom. The third-order valence-electron chi connectivity index (χ3n) is 4.01. The minimum absolute atomic E-state index is 0.345. The fraction of sp³-hybridized carbons (Fsp3) is 0.263. The topological polar surface area (TPSA) is 75.4 Å². The quantitative estimate of drug-likeness (QED) is 0.771. The second-order valence-electron chi connectivity index (χ2n) is 6.29. The fourth-order valence-corrected chi connectivity index (χ4v) is 3.12. The van der Waals surface area contributed by atoms with Crippen LogP contribution in [0, 0.1) is 6.57 Å². The van der Waals surface area contributed by atoms with E-state index < -0.39 is 12.1 Å². The molecule has 0 radical (unpaired) electrons. The summed E-state index contributed by atoms with van der Waals surface area (Å²) in [7, 11) is 0. The number of carbonyl (C=O) groups is 1. The second-order valence-corrected chi connectivity index (χ2v) is 6.73. The lowest BCUT2D eigenvalue weighted by atomic mass is 9.97. The molecule has 0 amide bonds. The van der Waals surface area contributed by atoms with E-state index in [1.807, 2.05) is 30.3 Å². The van der Waals surface area contributed by atoms with Crippen LogP contribution in [-0.4, -0.2) is 24.7 Å². The molecule has 148 valence electrons. The number of hydrogen-bond donors (Lipinski definition) is 1. The molecule has 3 rings (SSSR count). The Labute approximate surface area is 165 Å². The molecule has 28 heavy (non-hydrogen) atoms. The van der Waals surface area contributed by atoms with Gasteiger partial charge < -0.3 is 20.5 Å². The molecule has 0 aromatic heterocycles. The lowest BCUT2D eigenvalue weighted by Crippen LogP contribution is -2.67. The summed E-state index contributed by atoms with van der Waals surface area (Å²) in [5, 5.41) is 9.55.